The maximum Gasteiger partial charge on any atom is 0.185 e. The summed E-state index contributed by atoms with van der Waals surface area (Å²) in [5, 5.41) is 0. The summed E-state index contributed by atoms with van der Waals surface area (Å²) < 4.78 is 13.7. The lowest BCUT2D eigenvalue weighted by molar-refractivity contribution is 0.104. The second kappa shape index (κ2) is 11.9. The molecule has 38 heavy (non-hydrogen) atoms. The van der Waals surface area contributed by atoms with Crippen molar-refractivity contribution in [1.82, 2.24) is 9.55 Å². The van der Waals surface area contributed by atoms with Crippen LogP contribution in [-0.2, 0) is 13.0 Å². The third-order valence-corrected chi connectivity index (χ3v) is 6.28. The number of nitrogens with zero attached hydrogens (tertiary/aromatic N) is 2. The Morgan fingerprint density at radius 2 is 1.66 bits per heavy atom. The average Bonchev–Trinajstić information content (AvgIpc) is 3.51. The van der Waals surface area contributed by atoms with Gasteiger partial charge < -0.3 is 14.0 Å². The van der Waals surface area contributed by atoms with E-state index in [1.54, 1.807) is 25.7 Å². The Balaban J connectivity index is 1.28. The molecule has 5 nitrogen and oxygen atoms in total. The Labute approximate surface area is 222 Å². The summed E-state index contributed by atoms with van der Waals surface area (Å²) in [7, 11) is 1.65. The van der Waals surface area contributed by atoms with E-state index in [-0.39, 0.29) is 5.78 Å². The third kappa shape index (κ3) is 6.08. The molecule has 0 saturated heterocycles. The molecule has 0 saturated carbocycles. The van der Waals surface area contributed by atoms with Crippen molar-refractivity contribution in [2.75, 3.05) is 7.11 Å². The number of rotatable bonds is 10. The minimum atomic E-state index is -0.0642. The predicted octanol–water partition coefficient (Wildman–Crippen LogP) is 6.95. The largest absolute Gasteiger partial charge is 0.496 e. The molecule has 5 rings (SSSR count). The van der Waals surface area contributed by atoms with Crippen molar-refractivity contribution >= 4 is 11.9 Å². The van der Waals surface area contributed by atoms with Crippen molar-refractivity contribution in [1.29, 1.82) is 0 Å². The molecule has 0 fully saturated rings. The monoisotopic (exact) mass is 500 g/mol. The van der Waals surface area contributed by atoms with Crippen LogP contribution in [0, 0.1) is 0 Å². The van der Waals surface area contributed by atoms with Crippen LogP contribution in [0.4, 0.5) is 0 Å². The molecule has 5 heteroatoms. The molecule has 188 valence electrons. The van der Waals surface area contributed by atoms with Crippen molar-refractivity contribution in [3.8, 4) is 17.2 Å². The van der Waals surface area contributed by atoms with Crippen molar-refractivity contribution in [3.05, 3.63) is 150 Å². The molecule has 5 aromatic rings. The second-order valence-electron chi connectivity index (χ2n) is 8.84. The summed E-state index contributed by atoms with van der Waals surface area (Å²) >= 11 is 0. The number of aromatic nitrogens is 2. The smallest absolute Gasteiger partial charge is 0.185 e. The van der Waals surface area contributed by atoms with Crippen molar-refractivity contribution in [2.45, 2.75) is 13.0 Å². The average molecular weight is 501 g/mol. The van der Waals surface area contributed by atoms with E-state index >= 15 is 0 Å². The van der Waals surface area contributed by atoms with Gasteiger partial charge in [0.1, 0.15) is 18.1 Å². The zero-order valence-corrected chi connectivity index (χ0v) is 21.2. The first-order valence-electron chi connectivity index (χ1n) is 12.4. The quantitative estimate of drug-likeness (QED) is 0.154. The van der Waals surface area contributed by atoms with Crippen LogP contribution in [0.2, 0.25) is 0 Å². The van der Waals surface area contributed by atoms with E-state index in [9.17, 15) is 4.79 Å². The zero-order chi connectivity index (χ0) is 26.2. The number of ether oxygens (including phenoxy) is 2. The first-order chi connectivity index (χ1) is 18.7. The Kier molecular flexibility index (Phi) is 7.75. The third-order valence-electron chi connectivity index (χ3n) is 6.28. The molecule has 0 amide bonds. The summed E-state index contributed by atoms with van der Waals surface area (Å²) in [6.45, 7) is 0.348. The maximum absolute atomic E-state index is 12.8. The Morgan fingerprint density at radius 3 is 2.42 bits per heavy atom. The number of hydrogen-bond acceptors (Lipinski definition) is 4. The van der Waals surface area contributed by atoms with Gasteiger partial charge in [0, 0.05) is 35.6 Å². The number of para-hydroxylation sites is 1. The highest BCUT2D eigenvalue weighted by atomic mass is 16.5. The number of carbonyl (C=O) groups is 1. The van der Waals surface area contributed by atoms with Gasteiger partial charge in [0.15, 0.2) is 5.78 Å². The van der Waals surface area contributed by atoms with Crippen LogP contribution in [0.1, 0.15) is 32.6 Å². The van der Waals surface area contributed by atoms with Gasteiger partial charge >= 0.3 is 0 Å². The minimum Gasteiger partial charge on any atom is -0.496 e. The Hall–Kier alpha value is -4.90. The number of carbonyl (C=O) groups excluding carboxylic acids is 1. The zero-order valence-electron chi connectivity index (χ0n) is 21.2. The first-order valence-corrected chi connectivity index (χ1v) is 12.4. The topological polar surface area (TPSA) is 53.4 Å². The van der Waals surface area contributed by atoms with E-state index < -0.39 is 0 Å². The van der Waals surface area contributed by atoms with Crippen LogP contribution < -0.4 is 9.47 Å². The molecule has 1 aromatic heterocycles. The van der Waals surface area contributed by atoms with E-state index in [0.717, 1.165) is 40.3 Å². The molecule has 0 atom stereocenters. The molecule has 0 unspecified atom stereocenters. The van der Waals surface area contributed by atoms with E-state index in [0.29, 0.717) is 12.2 Å². The summed E-state index contributed by atoms with van der Waals surface area (Å²) in [4.78, 5) is 16.8. The molecule has 1 heterocycles. The Bertz CT molecular complexity index is 1520. The first kappa shape index (κ1) is 24.8. The van der Waals surface area contributed by atoms with Gasteiger partial charge in [-0.2, -0.15) is 0 Å². The number of benzene rings is 4. The fourth-order valence-electron chi connectivity index (χ4n) is 4.25. The molecule has 0 radical (unpaired) electrons. The highest BCUT2D eigenvalue weighted by Gasteiger charge is 2.09. The highest BCUT2D eigenvalue weighted by Crippen LogP contribution is 2.26. The molecule has 0 spiro atoms. The number of hydrogen-bond donors (Lipinski definition) is 0. The van der Waals surface area contributed by atoms with Gasteiger partial charge in [-0.1, -0.05) is 60.7 Å². The summed E-state index contributed by atoms with van der Waals surface area (Å²) in [6.07, 6.45) is 9.52. The normalized spacial score (nSPS) is 11.0. The van der Waals surface area contributed by atoms with E-state index in [2.05, 4.69) is 23.2 Å². The predicted molar refractivity (Wildman–Crippen MR) is 150 cm³/mol. The number of methoxy groups -OCH3 is 1. The molecule has 0 bridgehead atoms. The van der Waals surface area contributed by atoms with Gasteiger partial charge in [0.05, 0.1) is 13.4 Å². The minimum absolute atomic E-state index is 0.0642. The standard InChI is InChI=1S/C33H28N2O3/c1-37-32-18-12-26(11-17-31(36)27-13-15-30(16-14-27)35-20-19-34-24-35)22-29(32)23-38-33-10-6-5-9-28(33)21-25-7-3-2-4-8-25/h2-20,22,24H,21,23H2,1H3/b17-11+. The molecule has 0 aliphatic heterocycles. The van der Waals surface area contributed by atoms with Crippen LogP contribution in [0.25, 0.3) is 11.8 Å². The highest BCUT2D eigenvalue weighted by molar-refractivity contribution is 6.06. The van der Waals surface area contributed by atoms with Gasteiger partial charge in [0.25, 0.3) is 0 Å². The lowest BCUT2D eigenvalue weighted by Gasteiger charge is -2.14. The van der Waals surface area contributed by atoms with Crippen molar-refractivity contribution in [2.24, 2.45) is 0 Å². The van der Waals surface area contributed by atoms with Gasteiger partial charge in [-0.15, -0.1) is 0 Å². The fraction of sp³-hybridized carbons (Fsp3) is 0.0909. The summed E-state index contributed by atoms with van der Waals surface area (Å²) in [5.41, 5.74) is 5.73. The Morgan fingerprint density at radius 1 is 0.868 bits per heavy atom. The SMILES string of the molecule is COc1ccc(/C=C/C(=O)c2ccc(-n3ccnc3)cc2)cc1COc1ccccc1Cc1ccccc1. The van der Waals surface area contributed by atoms with Gasteiger partial charge in [-0.05, 0) is 65.2 Å². The molecular formula is C33H28N2O3. The lowest BCUT2D eigenvalue weighted by Crippen LogP contribution is -2.02. The van der Waals surface area contributed by atoms with E-state index in [1.165, 1.54) is 5.56 Å². The molecular weight excluding hydrogens is 472 g/mol. The van der Waals surface area contributed by atoms with Gasteiger partial charge in [-0.25, -0.2) is 4.98 Å². The van der Waals surface area contributed by atoms with Crippen LogP contribution >= 0.6 is 0 Å². The lowest BCUT2D eigenvalue weighted by atomic mass is 10.0. The summed E-state index contributed by atoms with van der Waals surface area (Å²) in [5.74, 6) is 1.52. The molecule has 0 aliphatic rings. The summed E-state index contributed by atoms with van der Waals surface area (Å²) in [6, 6.07) is 31.7. The number of allylic oxidation sites excluding steroid dienone is 1. The van der Waals surface area contributed by atoms with Crippen molar-refractivity contribution in [3.63, 3.8) is 0 Å². The fourth-order valence-corrected chi connectivity index (χ4v) is 4.25. The maximum atomic E-state index is 12.8. The number of imidazole rings is 1. The molecule has 0 N–H and O–H groups in total. The van der Waals surface area contributed by atoms with E-state index in [4.69, 9.17) is 9.47 Å². The molecule has 4 aromatic carbocycles. The van der Waals surface area contributed by atoms with Crippen molar-refractivity contribution < 1.29 is 14.3 Å². The van der Waals surface area contributed by atoms with Crippen LogP contribution in [0.3, 0.4) is 0 Å². The van der Waals surface area contributed by atoms with E-state index in [1.807, 2.05) is 95.7 Å². The van der Waals surface area contributed by atoms with Gasteiger partial charge in [-0.3, -0.25) is 4.79 Å². The number of ketones is 1. The van der Waals surface area contributed by atoms with Crippen LogP contribution in [0.5, 0.6) is 11.5 Å². The van der Waals surface area contributed by atoms with Gasteiger partial charge in [0.2, 0.25) is 0 Å². The van der Waals surface area contributed by atoms with Crippen LogP contribution in [0.15, 0.2) is 122 Å². The van der Waals surface area contributed by atoms with Crippen LogP contribution in [-0.4, -0.2) is 22.4 Å². The molecule has 0 aliphatic carbocycles. The second-order valence-corrected chi connectivity index (χ2v) is 8.84.